The number of amides is 2. The van der Waals surface area contributed by atoms with Gasteiger partial charge in [0.2, 0.25) is 11.8 Å². The lowest BCUT2D eigenvalue weighted by Gasteiger charge is -1.97. The Morgan fingerprint density at radius 2 is 1.58 bits per heavy atom. The molecule has 0 aliphatic carbocycles. The second-order valence-electron chi connectivity index (χ2n) is 2.09. The first-order valence-electron chi connectivity index (χ1n) is 3.25. The molecule has 0 aromatic rings. The summed E-state index contributed by atoms with van der Waals surface area (Å²) in [4.78, 5) is 20.7. The lowest BCUT2D eigenvalue weighted by atomic mass is 10.4. The first kappa shape index (κ1) is 12.2. The summed E-state index contributed by atoms with van der Waals surface area (Å²) in [7, 11) is 0. The Balaban J connectivity index is 0.000000261. The summed E-state index contributed by atoms with van der Waals surface area (Å²) in [5.41, 5.74) is 0. The highest BCUT2D eigenvalue weighted by Crippen LogP contribution is 2.14. The summed E-state index contributed by atoms with van der Waals surface area (Å²) in [5.74, 6) is -0.287. The van der Waals surface area contributed by atoms with Crippen LogP contribution in [0, 0.1) is 0 Å². The second kappa shape index (κ2) is 5.78. The predicted molar refractivity (Wildman–Crippen MR) is 51.2 cm³/mol. The number of imide groups is 1. The number of hydrogen-bond acceptors (Lipinski definition) is 2. The van der Waals surface area contributed by atoms with Gasteiger partial charge in [0.25, 0.3) is 0 Å². The maximum atomic E-state index is 10.4. The molecule has 0 N–H and O–H groups in total. The average molecular weight is 277 g/mol. The van der Waals surface area contributed by atoms with Gasteiger partial charge >= 0.3 is 0 Å². The first-order valence-corrected chi connectivity index (χ1v) is 4.83. The zero-order chi connectivity index (χ0) is 9.72. The molecular weight excluding hydrogens is 269 g/mol. The molecule has 1 saturated heterocycles. The third kappa shape index (κ3) is 4.95. The third-order valence-electron chi connectivity index (χ3n) is 0.991. The standard InChI is InChI=1S/C4H4BrNO2.C2H4Cl2/c5-6-3(7)1-2-4(6)8;1-2(3)4/h1-2H2;2H,1H3. The van der Waals surface area contributed by atoms with Gasteiger partial charge in [-0.3, -0.25) is 9.59 Å². The van der Waals surface area contributed by atoms with Gasteiger partial charge in [0.1, 0.15) is 4.84 Å². The number of alkyl halides is 2. The minimum Gasteiger partial charge on any atom is -0.274 e. The third-order valence-corrected chi connectivity index (χ3v) is 1.78. The molecule has 6 heteroatoms. The Morgan fingerprint density at radius 1 is 1.33 bits per heavy atom. The first-order chi connectivity index (χ1) is 5.45. The van der Waals surface area contributed by atoms with Crippen LogP contribution < -0.4 is 0 Å². The molecule has 1 aliphatic rings. The second-order valence-corrected chi connectivity index (χ2v) is 4.33. The lowest BCUT2D eigenvalue weighted by molar-refractivity contribution is -0.131. The fraction of sp³-hybridized carbons (Fsp3) is 0.667. The molecule has 2 amide bonds. The van der Waals surface area contributed by atoms with Crippen molar-refractivity contribution in [3.8, 4) is 0 Å². The van der Waals surface area contributed by atoms with E-state index in [2.05, 4.69) is 16.1 Å². The van der Waals surface area contributed by atoms with E-state index in [0.717, 1.165) is 3.93 Å². The fourth-order valence-corrected chi connectivity index (χ4v) is 0.904. The van der Waals surface area contributed by atoms with Gasteiger partial charge in [0.05, 0.1) is 16.1 Å². The topological polar surface area (TPSA) is 37.4 Å². The normalized spacial score (nSPS) is 16.6. The SMILES string of the molecule is CC(Cl)Cl.O=C1CCC(=O)N1Br. The van der Waals surface area contributed by atoms with Gasteiger partial charge in [-0.05, 0) is 6.92 Å². The number of halogens is 3. The van der Waals surface area contributed by atoms with Crippen LogP contribution in [0.3, 0.4) is 0 Å². The minimum absolute atomic E-state index is 0.144. The van der Waals surface area contributed by atoms with Crippen molar-refractivity contribution in [1.29, 1.82) is 0 Å². The number of carbonyl (C=O) groups excluding carboxylic acids is 2. The average Bonchev–Trinajstić information content (AvgIpc) is 2.19. The number of nitrogens with zero attached hydrogens (tertiary/aromatic N) is 1. The van der Waals surface area contributed by atoms with Crippen molar-refractivity contribution in [2.75, 3.05) is 0 Å². The predicted octanol–water partition coefficient (Wildman–Crippen LogP) is 2.26. The highest BCUT2D eigenvalue weighted by atomic mass is 79.9. The van der Waals surface area contributed by atoms with Crippen LogP contribution in [0.2, 0.25) is 0 Å². The Labute approximate surface area is 89.3 Å². The largest absolute Gasteiger partial charge is 0.274 e. The van der Waals surface area contributed by atoms with Crippen molar-refractivity contribution in [3.63, 3.8) is 0 Å². The summed E-state index contributed by atoms with van der Waals surface area (Å²) in [5, 5.41) is 0. The van der Waals surface area contributed by atoms with Crippen LogP contribution in [-0.2, 0) is 9.59 Å². The van der Waals surface area contributed by atoms with Crippen LogP contribution >= 0.6 is 39.3 Å². The number of rotatable bonds is 0. The molecule has 1 rings (SSSR count). The van der Waals surface area contributed by atoms with Crippen LogP contribution in [0.25, 0.3) is 0 Å². The van der Waals surface area contributed by atoms with Crippen molar-refractivity contribution < 1.29 is 9.59 Å². The molecule has 0 atom stereocenters. The summed E-state index contributed by atoms with van der Waals surface area (Å²) in [6.07, 6.45) is 0.703. The van der Waals surface area contributed by atoms with E-state index in [0.29, 0.717) is 12.8 Å². The maximum Gasteiger partial charge on any atom is 0.239 e. The Bertz CT molecular complexity index is 168. The maximum absolute atomic E-state index is 10.4. The van der Waals surface area contributed by atoms with Gasteiger partial charge in [-0.25, -0.2) is 3.93 Å². The molecule has 0 unspecified atom stereocenters. The van der Waals surface area contributed by atoms with E-state index in [1.54, 1.807) is 6.92 Å². The number of carbonyl (C=O) groups is 2. The van der Waals surface area contributed by atoms with E-state index in [9.17, 15) is 9.59 Å². The zero-order valence-corrected chi connectivity index (χ0v) is 9.49. The highest BCUT2D eigenvalue weighted by Gasteiger charge is 2.26. The van der Waals surface area contributed by atoms with E-state index in [1.807, 2.05) is 0 Å². The quantitative estimate of drug-likeness (QED) is 0.387. The molecule has 0 bridgehead atoms. The molecule has 12 heavy (non-hydrogen) atoms. The molecule has 1 aliphatic heterocycles. The van der Waals surface area contributed by atoms with E-state index >= 15 is 0 Å². The van der Waals surface area contributed by atoms with Gasteiger partial charge in [-0.15, -0.1) is 23.2 Å². The van der Waals surface area contributed by atoms with Crippen molar-refractivity contribution >= 4 is 51.2 Å². The van der Waals surface area contributed by atoms with Gasteiger partial charge in [-0.1, -0.05) is 0 Å². The number of hydrogen-bond donors (Lipinski definition) is 0. The van der Waals surface area contributed by atoms with Crippen LogP contribution in [0.4, 0.5) is 0 Å². The van der Waals surface area contributed by atoms with E-state index < -0.39 is 0 Å². The monoisotopic (exact) mass is 275 g/mol. The fourth-order valence-electron chi connectivity index (χ4n) is 0.549. The van der Waals surface area contributed by atoms with Crippen molar-refractivity contribution in [2.24, 2.45) is 0 Å². The molecular formula is C6H8BrCl2NO2. The molecule has 0 radical (unpaired) electrons. The molecule has 0 aromatic carbocycles. The van der Waals surface area contributed by atoms with Crippen molar-refractivity contribution in [2.45, 2.75) is 24.6 Å². The highest BCUT2D eigenvalue weighted by molar-refractivity contribution is 9.08. The summed E-state index contributed by atoms with van der Waals surface area (Å²) >= 11 is 12.9. The van der Waals surface area contributed by atoms with Crippen LogP contribution in [0.15, 0.2) is 0 Å². The summed E-state index contributed by atoms with van der Waals surface area (Å²) in [6, 6.07) is 0. The van der Waals surface area contributed by atoms with Crippen LogP contribution in [-0.4, -0.2) is 20.6 Å². The molecule has 1 heterocycles. The molecule has 1 fully saturated rings. The van der Waals surface area contributed by atoms with E-state index in [-0.39, 0.29) is 16.7 Å². The Kier molecular flexibility index (Phi) is 5.88. The van der Waals surface area contributed by atoms with Gasteiger partial charge < -0.3 is 0 Å². The zero-order valence-electron chi connectivity index (χ0n) is 6.39. The van der Waals surface area contributed by atoms with Crippen LogP contribution in [0.5, 0.6) is 0 Å². The molecule has 3 nitrogen and oxygen atoms in total. The van der Waals surface area contributed by atoms with E-state index in [1.165, 1.54) is 0 Å². The van der Waals surface area contributed by atoms with Crippen molar-refractivity contribution in [1.82, 2.24) is 3.93 Å². The smallest absolute Gasteiger partial charge is 0.239 e. The Hall–Kier alpha value is 0.200. The molecule has 0 aromatic heterocycles. The van der Waals surface area contributed by atoms with Gasteiger partial charge in [0.15, 0.2) is 0 Å². The van der Waals surface area contributed by atoms with E-state index in [4.69, 9.17) is 23.2 Å². The Morgan fingerprint density at radius 3 is 1.67 bits per heavy atom. The molecule has 0 saturated carbocycles. The van der Waals surface area contributed by atoms with Crippen molar-refractivity contribution in [3.05, 3.63) is 0 Å². The lowest BCUT2D eigenvalue weighted by Crippen LogP contribution is -2.16. The molecule has 70 valence electrons. The minimum atomic E-state index is -0.222. The van der Waals surface area contributed by atoms with Crippen LogP contribution in [0.1, 0.15) is 19.8 Å². The van der Waals surface area contributed by atoms with Gasteiger partial charge in [0, 0.05) is 12.8 Å². The summed E-state index contributed by atoms with van der Waals surface area (Å²) in [6.45, 7) is 1.70. The molecule has 0 spiro atoms. The van der Waals surface area contributed by atoms with Gasteiger partial charge in [-0.2, -0.15) is 0 Å². The summed E-state index contributed by atoms with van der Waals surface area (Å²) < 4.78 is 0.979.